The van der Waals surface area contributed by atoms with Crippen LogP contribution in [0.1, 0.15) is 0 Å². The number of benzene rings is 7. The third-order valence-corrected chi connectivity index (χ3v) is 9.98. The van der Waals surface area contributed by atoms with Crippen LogP contribution in [0.15, 0.2) is 148 Å². The molecule has 3 nitrogen and oxygen atoms in total. The maximum atomic E-state index is 6.47. The van der Waals surface area contributed by atoms with E-state index < -0.39 is 0 Å². The van der Waals surface area contributed by atoms with Crippen LogP contribution in [0.25, 0.3) is 74.8 Å². The highest BCUT2D eigenvalue weighted by Gasteiger charge is 2.22. The van der Waals surface area contributed by atoms with Gasteiger partial charge in [-0.05, 0) is 54.6 Å². The maximum Gasteiger partial charge on any atom is 0.143 e. The van der Waals surface area contributed by atoms with E-state index in [0.717, 1.165) is 71.7 Å². The van der Waals surface area contributed by atoms with Gasteiger partial charge in [-0.2, -0.15) is 0 Å². The van der Waals surface area contributed by atoms with E-state index >= 15 is 0 Å². The smallest absolute Gasteiger partial charge is 0.143 e. The monoisotopic (exact) mass is 581 g/mol. The molecule has 0 radical (unpaired) electrons. The molecule has 0 N–H and O–H groups in total. The van der Waals surface area contributed by atoms with Gasteiger partial charge in [0.1, 0.15) is 22.3 Å². The Bertz CT molecular complexity index is 2750. The van der Waals surface area contributed by atoms with Crippen LogP contribution in [0.3, 0.4) is 0 Å². The summed E-state index contributed by atoms with van der Waals surface area (Å²) >= 11 is 1.84. The number of furan rings is 2. The van der Waals surface area contributed by atoms with Crippen molar-refractivity contribution in [2.75, 3.05) is 4.90 Å². The Labute approximate surface area is 255 Å². The highest BCUT2D eigenvalue weighted by Crippen LogP contribution is 2.47. The first-order valence-electron chi connectivity index (χ1n) is 14.8. The highest BCUT2D eigenvalue weighted by molar-refractivity contribution is 7.25. The quantitative estimate of drug-likeness (QED) is 0.208. The first-order chi connectivity index (χ1) is 21.8. The molecule has 10 aromatic rings. The lowest BCUT2D eigenvalue weighted by Crippen LogP contribution is -2.10. The Kier molecular flexibility index (Phi) is 4.87. The van der Waals surface area contributed by atoms with Crippen LogP contribution in [0.5, 0.6) is 0 Å². The standard InChI is InChI=1S/C40H23NO2S/c1-2-13-31-26(9-1)34(23-33-28-11-4-7-15-36(28)43-40(31)33)41(24-18-20-37-32(21-24)27-10-3-6-14-35(27)42-37)25-17-19-30-29-12-5-8-16-38(29)44-39(30)22-25/h1-23H. The van der Waals surface area contributed by atoms with Crippen LogP contribution in [0.2, 0.25) is 0 Å². The summed E-state index contributed by atoms with van der Waals surface area (Å²) in [4.78, 5) is 2.40. The van der Waals surface area contributed by atoms with E-state index in [1.165, 1.54) is 20.2 Å². The van der Waals surface area contributed by atoms with E-state index in [0.29, 0.717) is 0 Å². The molecule has 0 unspecified atom stereocenters. The summed E-state index contributed by atoms with van der Waals surface area (Å²) < 4.78 is 15.3. The van der Waals surface area contributed by atoms with Crippen LogP contribution >= 0.6 is 11.3 Å². The summed E-state index contributed by atoms with van der Waals surface area (Å²) in [7, 11) is 0. The molecule has 3 aromatic heterocycles. The first-order valence-corrected chi connectivity index (χ1v) is 15.6. The van der Waals surface area contributed by atoms with E-state index in [1.807, 2.05) is 29.5 Å². The molecule has 10 rings (SSSR count). The van der Waals surface area contributed by atoms with Crippen LogP contribution in [0.4, 0.5) is 17.1 Å². The van der Waals surface area contributed by atoms with E-state index in [2.05, 4.69) is 126 Å². The lowest BCUT2D eigenvalue weighted by atomic mass is 10.0. The lowest BCUT2D eigenvalue weighted by molar-refractivity contribution is 0.669. The van der Waals surface area contributed by atoms with Gasteiger partial charge in [0, 0.05) is 63.9 Å². The summed E-state index contributed by atoms with van der Waals surface area (Å²) in [6, 6.07) is 49.5. The minimum Gasteiger partial charge on any atom is -0.456 e. The fourth-order valence-electron chi connectivity index (χ4n) is 6.85. The van der Waals surface area contributed by atoms with E-state index in [1.54, 1.807) is 0 Å². The third kappa shape index (κ3) is 3.37. The zero-order valence-corrected chi connectivity index (χ0v) is 24.3. The van der Waals surface area contributed by atoms with Gasteiger partial charge in [-0.25, -0.2) is 0 Å². The predicted octanol–water partition coefficient (Wildman–Crippen LogP) is 12.5. The Morgan fingerprint density at radius 2 is 0.977 bits per heavy atom. The van der Waals surface area contributed by atoms with Crippen LogP contribution in [-0.2, 0) is 0 Å². The average molecular weight is 582 g/mol. The summed E-state index contributed by atoms with van der Waals surface area (Å²) in [6.45, 7) is 0. The second kappa shape index (κ2) is 8.96. The number of para-hydroxylation sites is 2. The molecule has 0 fully saturated rings. The fraction of sp³-hybridized carbons (Fsp3) is 0. The Hall–Kier alpha value is -5.58. The van der Waals surface area contributed by atoms with Gasteiger partial charge < -0.3 is 13.7 Å². The largest absolute Gasteiger partial charge is 0.456 e. The summed E-state index contributed by atoms with van der Waals surface area (Å²) in [5, 5.41) is 9.25. The molecule has 0 aliphatic carbocycles. The molecular formula is C40H23NO2S. The van der Waals surface area contributed by atoms with Crippen molar-refractivity contribution in [2.45, 2.75) is 0 Å². The summed E-state index contributed by atoms with van der Waals surface area (Å²) in [5.41, 5.74) is 6.88. The Morgan fingerprint density at radius 3 is 1.82 bits per heavy atom. The topological polar surface area (TPSA) is 29.5 Å². The number of hydrogen-bond donors (Lipinski definition) is 0. The van der Waals surface area contributed by atoms with Gasteiger partial charge in [-0.15, -0.1) is 11.3 Å². The zero-order valence-electron chi connectivity index (χ0n) is 23.5. The van der Waals surface area contributed by atoms with Gasteiger partial charge in [0.15, 0.2) is 0 Å². The molecule has 0 bridgehead atoms. The van der Waals surface area contributed by atoms with E-state index in [4.69, 9.17) is 8.83 Å². The van der Waals surface area contributed by atoms with Gasteiger partial charge in [0.2, 0.25) is 0 Å². The van der Waals surface area contributed by atoms with Crippen molar-refractivity contribution in [2.24, 2.45) is 0 Å². The van der Waals surface area contributed by atoms with Crippen molar-refractivity contribution in [3.63, 3.8) is 0 Å². The molecule has 0 amide bonds. The number of hydrogen-bond acceptors (Lipinski definition) is 4. The second-order valence-corrected chi connectivity index (χ2v) is 12.4. The average Bonchev–Trinajstić information content (AvgIpc) is 3.76. The molecule has 4 heteroatoms. The molecule has 0 saturated heterocycles. The van der Waals surface area contributed by atoms with Crippen LogP contribution in [-0.4, -0.2) is 0 Å². The van der Waals surface area contributed by atoms with Crippen molar-refractivity contribution < 1.29 is 8.83 Å². The van der Waals surface area contributed by atoms with Gasteiger partial charge in [-0.1, -0.05) is 84.9 Å². The Morgan fingerprint density at radius 1 is 0.386 bits per heavy atom. The molecule has 0 spiro atoms. The first kappa shape index (κ1) is 23.9. The van der Waals surface area contributed by atoms with Crippen molar-refractivity contribution >= 4 is 103 Å². The predicted molar refractivity (Wildman–Crippen MR) is 186 cm³/mol. The van der Waals surface area contributed by atoms with Gasteiger partial charge in [0.25, 0.3) is 0 Å². The SMILES string of the molecule is c1ccc2c(c1)oc1ccc(N(c3ccc4c(c3)sc3ccccc34)c3cc4c5ccccc5oc4c4ccccc34)cc12. The fourth-order valence-corrected chi connectivity index (χ4v) is 7.99. The number of rotatable bonds is 3. The minimum absolute atomic E-state index is 0.885. The van der Waals surface area contributed by atoms with E-state index in [-0.39, 0.29) is 0 Å². The molecule has 3 heterocycles. The number of thiophene rings is 1. The van der Waals surface area contributed by atoms with Gasteiger partial charge in [0.05, 0.1) is 5.69 Å². The number of nitrogens with zero attached hydrogens (tertiary/aromatic N) is 1. The molecule has 7 aromatic carbocycles. The molecule has 206 valence electrons. The van der Waals surface area contributed by atoms with Gasteiger partial charge >= 0.3 is 0 Å². The Balaban J connectivity index is 1.31. The molecule has 0 aliphatic heterocycles. The lowest BCUT2D eigenvalue weighted by Gasteiger charge is -2.27. The molecule has 0 atom stereocenters. The van der Waals surface area contributed by atoms with Crippen LogP contribution in [0, 0.1) is 0 Å². The van der Waals surface area contributed by atoms with Crippen LogP contribution < -0.4 is 4.90 Å². The van der Waals surface area contributed by atoms with Crippen molar-refractivity contribution in [3.8, 4) is 0 Å². The van der Waals surface area contributed by atoms with Crippen molar-refractivity contribution in [3.05, 3.63) is 140 Å². The minimum atomic E-state index is 0.885. The number of anilines is 3. The summed E-state index contributed by atoms with van der Waals surface area (Å²) in [5.74, 6) is 0. The van der Waals surface area contributed by atoms with E-state index in [9.17, 15) is 0 Å². The third-order valence-electron chi connectivity index (χ3n) is 8.84. The maximum absolute atomic E-state index is 6.47. The molecular weight excluding hydrogens is 559 g/mol. The second-order valence-electron chi connectivity index (χ2n) is 11.3. The highest BCUT2D eigenvalue weighted by atomic mass is 32.1. The normalized spacial score (nSPS) is 12.1. The zero-order chi connectivity index (χ0) is 28.8. The summed E-state index contributed by atoms with van der Waals surface area (Å²) in [6.07, 6.45) is 0. The molecule has 0 saturated carbocycles. The van der Waals surface area contributed by atoms with Crippen molar-refractivity contribution in [1.82, 2.24) is 0 Å². The van der Waals surface area contributed by atoms with Crippen molar-refractivity contribution in [1.29, 1.82) is 0 Å². The molecule has 44 heavy (non-hydrogen) atoms. The number of fused-ring (bicyclic) bond motifs is 11. The molecule has 0 aliphatic rings. The van der Waals surface area contributed by atoms with Gasteiger partial charge in [-0.3, -0.25) is 0 Å².